The number of urea groups is 1. The number of Topliss-reactive ketones (excluding diaryl/α,β-unsaturated/α-hetero) is 4. The summed E-state index contributed by atoms with van der Waals surface area (Å²) in [6, 6.07) is 0.0673. The number of hydrogen-bond donors (Lipinski definition) is 6. The number of phenolic OH excluding ortho intramolecular Hbond substituents is 1. The SMILES string of the molecule is C[C@@H]1c2ccc(NC(=O)NC(=O)CCl)c(O)c2C(=O)C2C(=O)[C@@]3(O)C(=O)C(C(N)=O)C(=O)[C@H](N(C)C)[C@H]3[C@H](O)[C@H]21. The van der Waals surface area contributed by atoms with Crippen molar-refractivity contribution in [2.45, 2.75) is 30.6 Å². The molecule has 2 fully saturated rings. The number of primary amides is 1. The van der Waals surface area contributed by atoms with E-state index in [0.29, 0.717) is 0 Å². The minimum Gasteiger partial charge on any atom is -0.505 e. The number of carbonyl (C=O) groups excluding carboxylic acids is 7. The summed E-state index contributed by atoms with van der Waals surface area (Å²) in [4.78, 5) is 91.0. The zero-order valence-corrected chi connectivity index (χ0v) is 22.3. The Hall–Kier alpha value is -3.72. The van der Waals surface area contributed by atoms with Crippen LogP contribution >= 0.6 is 11.6 Å². The maximum absolute atomic E-state index is 13.9. The molecule has 0 aliphatic heterocycles. The zero-order chi connectivity index (χ0) is 30.0. The van der Waals surface area contributed by atoms with Gasteiger partial charge in [-0.2, -0.15) is 0 Å². The number of imide groups is 1. The van der Waals surface area contributed by atoms with Crippen molar-refractivity contribution in [3.63, 3.8) is 0 Å². The Kier molecular flexibility index (Phi) is 7.34. The molecule has 0 spiro atoms. The van der Waals surface area contributed by atoms with E-state index >= 15 is 0 Å². The summed E-state index contributed by atoms with van der Waals surface area (Å²) in [6.07, 6.45) is -1.76. The molecule has 214 valence electrons. The molecule has 1 aromatic carbocycles. The zero-order valence-electron chi connectivity index (χ0n) is 21.5. The predicted octanol–water partition coefficient (Wildman–Crippen LogP) is -1.71. The minimum absolute atomic E-state index is 0.189. The smallest absolute Gasteiger partial charge is 0.326 e. The number of aliphatic hydroxyl groups is 2. The Morgan fingerprint density at radius 3 is 2.30 bits per heavy atom. The number of benzene rings is 1. The van der Waals surface area contributed by atoms with E-state index in [1.807, 2.05) is 5.32 Å². The largest absolute Gasteiger partial charge is 0.505 e. The van der Waals surface area contributed by atoms with Gasteiger partial charge in [-0.1, -0.05) is 13.0 Å². The van der Waals surface area contributed by atoms with Crippen LogP contribution in [0.3, 0.4) is 0 Å². The first-order chi connectivity index (χ1) is 18.6. The maximum atomic E-state index is 13.9. The molecule has 2 saturated carbocycles. The molecule has 0 radical (unpaired) electrons. The minimum atomic E-state index is -3.12. The molecule has 2 unspecified atom stereocenters. The van der Waals surface area contributed by atoms with E-state index in [9.17, 15) is 48.9 Å². The monoisotopic (exact) mass is 578 g/mol. The summed E-state index contributed by atoms with van der Waals surface area (Å²) in [5.41, 5.74) is 1.63. The normalized spacial score (nSPS) is 33.1. The Morgan fingerprint density at radius 2 is 1.75 bits per heavy atom. The highest BCUT2D eigenvalue weighted by molar-refractivity contribution is 6.32. The molecular formula is C25H27ClN4O10. The highest BCUT2D eigenvalue weighted by atomic mass is 35.5. The van der Waals surface area contributed by atoms with Gasteiger partial charge in [0.05, 0.1) is 35.2 Å². The van der Waals surface area contributed by atoms with Crippen LogP contribution in [0.2, 0.25) is 0 Å². The molecule has 0 saturated heterocycles. The van der Waals surface area contributed by atoms with Crippen molar-refractivity contribution in [1.82, 2.24) is 10.2 Å². The Morgan fingerprint density at radius 1 is 1.12 bits per heavy atom. The number of nitrogens with two attached hydrogens (primary N) is 1. The fraction of sp³-hybridized carbons (Fsp3) is 0.480. The van der Waals surface area contributed by atoms with Crippen LogP contribution < -0.4 is 16.4 Å². The number of likely N-dealkylation sites (N-methyl/N-ethyl adjacent to an activating group) is 1. The number of ketones is 4. The Labute approximate surface area is 231 Å². The van der Waals surface area contributed by atoms with Crippen molar-refractivity contribution >= 4 is 58.3 Å². The topological polar surface area (TPSA) is 233 Å². The summed E-state index contributed by atoms with van der Waals surface area (Å²) in [5.74, 6) is -16.3. The lowest BCUT2D eigenvalue weighted by atomic mass is 9.49. The van der Waals surface area contributed by atoms with Crippen LogP contribution in [0, 0.1) is 23.7 Å². The summed E-state index contributed by atoms with van der Waals surface area (Å²) >= 11 is 5.35. The average molecular weight is 579 g/mol. The van der Waals surface area contributed by atoms with Crippen molar-refractivity contribution in [3.05, 3.63) is 23.3 Å². The lowest BCUT2D eigenvalue weighted by molar-refractivity contribution is -0.196. The Balaban J connectivity index is 1.84. The molecule has 7 N–H and O–H groups in total. The third-order valence-electron chi connectivity index (χ3n) is 8.11. The number of alkyl halides is 1. The molecule has 8 atom stereocenters. The van der Waals surface area contributed by atoms with Gasteiger partial charge in [0.25, 0.3) is 0 Å². The number of anilines is 1. The average Bonchev–Trinajstić information content (AvgIpc) is 2.87. The van der Waals surface area contributed by atoms with E-state index in [1.165, 1.54) is 31.1 Å². The van der Waals surface area contributed by atoms with Crippen LogP contribution in [0.4, 0.5) is 10.5 Å². The van der Waals surface area contributed by atoms with Gasteiger partial charge in [-0.15, -0.1) is 11.6 Å². The predicted molar refractivity (Wildman–Crippen MR) is 135 cm³/mol. The van der Waals surface area contributed by atoms with Crippen LogP contribution in [0.15, 0.2) is 12.1 Å². The van der Waals surface area contributed by atoms with Crippen LogP contribution in [-0.2, 0) is 24.0 Å². The molecule has 4 rings (SSSR count). The number of nitrogens with zero attached hydrogens (tertiary/aromatic N) is 1. The first-order valence-corrected chi connectivity index (χ1v) is 12.7. The first kappa shape index (κ1) is 29.3. The number of phenols is 1. The molecule has 0 bridgehead atoms. The lowest BCUT2D eigenvalue weighted by Gasteiger charge is -2.56. The number of amides is 4. The van der Waals surface area contributed by atoms with Gasteiger partial charge >= 0.3 is 6.03 Å². The summed E-state index contributed by atoms with van der Waals surface area (Å²) < 4.78 is 0. The summed E-state index contributed by atoms with van der Waals surface area (Å²) in [7, 11) is 2.79. The number of aromatic hydroxyl groups is 1. The van der Waals surface area contributed by atoms with Gasteiger partial charge in [0.2, 0.25) is 11.8 Å². The maximum Gasteiger partial charge on any atom is 0.326 e. The molecule has 3 aliphatic carbocycles. The number of fused-ring (bicyclic) bond motifs is 3. The number of nitrogens with one attached hydrogen (secondary N) is 2. The second kappa shape index (κ2) is 10.0. The van der Waals surface area contributed by atoms with Crippen LogP contribution in [0.1, 0.15) is 28.8 Å². The van der Waals surface area contributed by atoms with Crippen molar-refractivity contribution in [3.8, 4) is 5.75 Å². The van der Waals surface area contributed by atoms with Gasteiger partial charge in [0.15, 0.2) is 34.7 Å². The standard InChI is InChI=1S/C25H27ClN4O10/c1-7-8-4-5-9(28-24(39)29-10(31)6-26)17(32)12(8)18(33)13-11(7)19(34)15-16(30(2)3)20(35)14(23(27)38)22(37)25(15,40)21(13)36/h4-5,7,11,13-16,19,32,34,40H,6H2,1-3H3,(H2,27,38)(H2,28,29,31,39)/t7-,11+,13?,14?,15+,16-,19-,25-/m1/s1. The summed E-state index contributed by atoms with van der Waals surface area (Å²) in [5, 5.41) is 38.2. The van der Waals surface area contributed by atoms with E-state index in [2.05, 4.69) is 5.32 Å². The number of aliphatic hydroxyl groups excluding tert-OH is 1. The number of carbonyl (C=O) groups is 7. The summed E-state index contributed by atoms with van der Waals surface area (Å²) in [6.45, 7) is 1.55. The van der Waals surface area contributed by atoms with E-state index in [4.69, 9.17) is 17.3 Å². The number of rotatable bonds is 4. The van der Waals surface area contributed by atoms with Crippen LogP contribution in [-0.4, -0.2) is 98.9 Å². The molecule has 40 heavy (non-hydrogen) atoms. The molecule has 4 amide bonds. The fourth-order valence-electron chi connectivity index (χ4n) is 6.40. The molecule has 15 heteroatoms. The molecule has 14 nitrogen and oxygen atoms in total. The van der Waals surface area contributed by atoms with Gasteiger partial charge < -0.3 is 26.4 Å². The molecule has 1 aromatic rings. The highest BCUT2D eigenvalue weighted by Gasteiger charge is 2.72. The van der Waals surface area contributed by atoms with Gasteiger partial charge in [-0.3, -0.25) is 39.0 Å². The molecule has 0 aromatic heterocycles. The fourth-order valence-corrected chi connectivity index (χ4v) is 6.47. The van der Waals surface area contributed by atoms with Crippen LogP contribution in [0.5, 0.6) is 5.75 Å². The second-order valence-electron chi connectivity index (χ2n) is 10.4. The van der Waals surface area contributed by atoms with E-state index < -0.39 is 106 Å². The first-order valence-electron chi connectivity index (χ1n) is 12.2. The van der Waals surface area contributed by atoms with Crippen molar-refractivity contribution in [2.75, 3.05) is 25.3 Å². The Bertz CT molecular complexity index is 1380. The lowest BCUT2D eigenvalue weighted by Crippen LogP contribution is -2.77. The van der Waals surface area contributed by atoms with Crippen molar-refractivity contribution in [2.24, 2.45) is 29.4 Å². The highest BCUT2D eigenvalue weighted by Crippen LogP contribution is 2.55. The van der Waals surface area contributed by atoms with Gasteiger partial charge in [-0.05, 0) is 31.6 Å². The van der Waals surface area contributed by atoms with E-state index in [1.54, 1.807) is 6.92 Å². The molecular weight excluding hydrogens is 552 g/mol. The van der Waals surface area contributed by atoms with E-state index in [-0.39, 0.29) is 11.3 Å². The van der Waals surface area contributed by atoms with Crippen molar-refractivity contribution in [1.29, 1.82) is 0 Å². The van der Waals surface area contributed by atoms with Crippen LogP contribution in [0.25, 0.3) is 0 Å². The van der Waals surface area contributed by atoms with Gasteiger partial charge in [0.1, 0.15) is 11.6 Å². The van der Waals surface area contributed by atoms with Gasteiger partial charge in [0, 0.05) is 5.92 Å². The van der Waals surface area contributed by atoms with Gasteiger partial charge in [-0.25, -0.2) is 4.79 Å². The number of hydrogen-bond acceptors (Lipinski definition) is 11. The van der Waals surface area contributed by atoms with Crippen molar-refractivity contribution < 1.29 is 48.9 Å². The third-order valence-corrected chi connectivity index (χ3v) is 8.35. The molecule has 3 aliphatic rings. The molecule has 0 heterocycles. The third kappa shape index (κ3) is 4.01. The second-order valence-corrected chi connectivity index (χ2v) is 10.7. The quantitative estimate of drug-likeness (QED) is 0.134. The number of halogens is 1. The van der Waals surface area contributed by atoms with E-state index in [0.717, 1.165) is 0 Å².